The molecule has 17 heavy (non-hydrogen) atoms. The van der Waals surface area contributed by atoms with E-state index in [2.05, 4.69) is 51.5 Å². The molecule has 2 rings (SSSR count). The molecule has 2 nitrogen and oxygen atoms in total. The minimum atomic E-state index is 0.375. The maximum absolute atomic E-state index is 4.41. The summed E-state index contributed by atoms with van der Waals surface area (Å²) < 4.78 is 1.16. The normalized spacial score (nSPS) is 12.9. The number of aromatic nitrogens is 1. The highest BCUT2D eigenvalue weighted by molar-refractivity contribution is 9.10. The Morgan fingerprint density at radius 3 is 2.94 bits per heavy atom. The number of halogens is 1. The van der Waals surface area contributed by atoms with Crippen molar-refractivity contribution in [3.63, 3.8) is 0 Å². The first kappa shape index (κ1) is 13.2. The Kier molecular flexibility index (Phi) is 4.73. The van der Waals surface area contributed by atoms with E-state index in [4.69, 9.17) is 0 Å². The molecule has 2 aromatic rings. The zero-order valence-electron chi connectivity index (χ0n) is 9.87. The fraction of sp³-hybridized carbons (Fsp3) is 0.417. The third-order valence-electron chi connectivity index (χ3n) is 2.52. The predicted octanol–water partition coefficient (Wildman–Crippen LogP) is 4.38. The molecule has 0 aliphatic heterocycles. The number of hydrogen-bond acceptors (Lipinski definition) is 4. The highest BCUT2D eigenvalue weighted by Gasteiger charge is 2.08. The number of nitrogens with one attached hydrogen (secondary N) is 1. The second-order valence-corrected chi connectivity index (χ2v) is 6.90. The average molecular weight is 331 g/mol. The number of thiazole rings is 1. The first-order chi connectivity index (χ1) is 8.19. The van der Waals surface area contributed by atoms with Gasteiger partial charge in [-0.15, -0.1) is 22.7 Å². The van der Waals surface area contributed by atoms with E-state index in [1.807, 2.05) is 6.20 Å². The Bertz CT molecular complexity index is 478. The Morgan fingerprint density at radius 1 is 1.53 bits per heavy atom. The van der Waals surface area contributed by atoms with Gasteiger partial charge < -0.3 is 5.32 Å². The van der Waals surface area contributed by atoms with Crippen LogP contribution >= 0.6 is 38.6 Å². The van der Waals surface area contributed by atoms with Gasteiger partial charge in [-0.3, -0.25) is 0 Å². The molecule has 0 spiro atoms. The lowest BCUT2D eigenvalue weighted by molar-refractivity contribution is 0.581. The van der Waals surface area contributed by atoms with Crippen molar-refractivity contribution < 1.29 is 0 Å². The molecule has 0 bridgehead atoms. The summed E-state index contributed by atoms with van der Waals surface area (Å²) in [6.45, 7) is 5.20. The van der Waals surface area contributed by atoms with Crippen LogP contribution in [0, 0.1) is 0 Å². The molecule has 5 heteroatoms. The zero-order valence-corrected chi connectivity index (χ0v) is 13.1. The van der Waals surface area contributed by atoms with Gasteiger partial charge in [0.05, 0.1) is 0 Å². The fourth-order valence-corrected chi connectivity index (χ4v) is 3.78. The quantitative estimate of drug-likeness (QED) is 0.879. The number of hydrogen-bond donors (Lipinski definition) is 1. The Hall–Kier alpha value is -0.230. The van der Waals surface area contributed by atoms with Crippen LogP contribution in [0.4, 0.5) is 0 Å². The standard InChI is InChI=1S/C12H15BrN2S2/c1-3-10-5-15-12(17-10)6-14-8(2)11-4-9(13)7-16-11/h4-5,7-8,14H,3,6H2,1-2H3. The van der Waals surface area contributed by atoms with Gasteiger partial charge in [0.15, 0.2) is 0 Å². The summed E-state index contributed by atoms with van der Waals surface area (Å²) in [5, 5.41) is 6.79. The topological polar surface area (TPSA) is 24.9 Å². The van der Waals surface area contributed by atoms with Crippen LogP contribution in [0.25, 0.3) is 0 Å². The number of nitrogens with zero attached hydrogens (tertiary/aromatic N) is 1. The molecular weight excluding hydrogens is 316 g/mol. The van der Waals surface area contributed by atoms with Crippen LogP contribution in [-0.2, 0) is 13.0 Å². The Morgan fingerprint density at radius 2 is 2.35 bits per heavy atom. The van der Waals surface area contributed by atoms with E-state index < -0.39 is 0 Å². The van der Waals surface area contributed by atoms with Crippen LogP contribution in [-0.4, -0.2) is 4.98 Å². The average Bonchev–Trinajstić information content (AvgIpc) is 2.94. The summed E-state index contributed by atoms with van der Waals surface area (Å²) in [6, 6.07) is 2.54. The highest BCUT2D eigenvalue weighted by atomic mass is 79.9. The van der Waals surface area contributed by atoms with Crippen molar-refractivity contribution in [1.29, 1.82) is 0 Å². The molecule has 92 valence electrons. The van der Waals surface area contributed by atoms with Crippen LogP contribution in [0.15, 0.2) is 22.1 Å². The summed E-state index contributed by atoms with van der Waals surface area (Å²) in [5.74, 6) is 0. The SMILES string of the molecule is CCc1cnc(CNC(C)c2cc(Br)cs2)s1. The van der Waals surface area contributed by atoms with Crippen LogP contribution in [0.2, 0.25) is 0 Å². The summed E-state index contributed by atoms with van der Waals surface area (Å²) >= 11 is 7.05. The summed E-state index contributed by atoms with van der Waals surface area (Å²) in [7, 11) is 0. The first-order valence-electron chi connectivity index (χ1n) is 5.60. The van der Waals surface area contributed by atoms with Crippen LogP contribution in [0.1, 0.15) is 34.7 Å². The number of thiophene rings is 1. The lowest BCUT2D eigenvalue weighted by Gasteiger charge is -2.10. The maximum Gasteiger partial charge on any atom is 0.107 e. The summed E-state index contributed by atoms with van der Waals surface area (Å²) in [6.07, 6.45) is 3.05. The Balaban J connectivity index is 1.89. The molecule has 0 aromatic carbocycles. The van der Waals surface area contributed by atoms with E-state index in [9.17, 15) is 0 Å². The second-order valence-electron chi connectivity index (χ2n) is 3.84. The van der Waals surface area contributed by atoms with Crippen molar-refractivity contribution in [3.8, 4) is 0 Å². The summed E-state index contributed by atoms with van der Waals surface area (Å²) in [4.78, 5) is 7.11. The molecule has 0 aliphatic rings. The fourth-order valence-electron chi connectivity index (χ4n) is 1.49. The van der Waals surface area contributed by atoms with Crippen molar-refractivity contribution >= 4 is 38.6 Å². The molecule has 0 saturated carbocycles. The zero-order chi connectivity index (χ0) is 12.3. The number of aryl methyl sites for hydroxylation is 1. The van der Waals surface area contributed by atoms with Crippen molar-refractivity contribution in [3.05, 3.63) is 36.9 Å². The van der Waals surface area contributed by atoms with Crippen LogP contribution in [0.5, 0.6) is 0 Å². The van der Waals surface area contributed by atoms with Gasteiger partial charge in [-0.05, 0) is 35.3 Å². The number of rotatable bonds is 5. The lowest BCUT2D eigenvalue weighted by Crippen LogP contribution is -2.16. The third kappa shape index (κ3) is 3.61. The van der Waals surface area contributed by atoms with Crippen molar-refractivity contribution in [2.45, 2.75) is 32.9 Å². The van der Waals surface area contributed by atoms with Gasteiger partial charge in [-0.2, -0.15) is 0 Å². The van der Waals surface area contributed by atoms with Gasteiger partial charge in [-0.25, -0.2) is 4.98 Å². The largest absolute Gasteiger partial charge is 0.303 e. The Labute approximate surface area is 118 Å². The molecular formula is C12H15BrN2S2. The van der Waals surface area contributed by atoms with Gasteiger partial charge in [-0.1, -0.05) is 6.92 Å². The van der Waals surface area contributed by atoms with Gasteiger partial charge >= 0.3 is 0 Å². The van der Waals surface area contributed by atoms with E-state index in [0.717, 1.165) is 17.4 Å². The summed E-state index contributed by atoms with van der Waals surface area (Å²) in [5.41, 5.74) is 0. The predicted molar refractivity (Wildman–Crippen MR) is 78.8 cm³/mol. The smallest absolute Gasteiger partial charge is 0.107 e. The molecule has 1 N–H and O–H groups in total. The van der Waals surface area contributed by atoms with Crippen LogP contribution in [0.3, 0.4) is 0 Å². The van der Waals surface area contributed by atoms with Gasteiger partial charge in [0.2, 0.25) is 0 Å². The van der Waals surface area contributed by atoms with E-state index in [0.29, 0.717) is 6.04 Å². The van der Waals surface area contributed by atoms with Gasteiger partial charge in [0.25, 0.3) is 0 Å². The molecule has 0 fully saturated rings. The third-order valence-corrected chi connectivity index (χ3v) is 5.54. The minimum absolute atomic E-state index is 0.375. The maximum atomic E-state index is 4.41. The molecule has 0 amide bonds. The van der Waals surface area contributed by atoms with Crippen LogP contribution < -0.4 is 5.32 Å². The van der Waals surface area contributed by atoms with E-state index >= 15 is 0 Å². The van der Waals surface area contributed by atoms with Crippen molar-refractivity contribution in [2.24, 2.45) is 0 Å². The molecule has 0 saturated heterocycles. The van der Waals surface area contributed by atoms with E-state index in [1.165, 1.54) is 14.8 Å². The first-order valence-corrected chi connectivity index (χ1v) is 8.09. The van der Waals surface area contributed by atoms with Crippen molar-refractivity contribution in [1.82, 2.24) is 10.3 Å². The minimum Gasteiger partial charge on any atom is -0.303 e. The molecule has 0 radical (unpaired) electrons. The molecule has 0 aliphatic carbocycles. The molecule has 1 atom stereocenters. The lowest BCUT2D eigenvalue weighted by atomic mass is 10.3. The molecule has 2 aromatic heterocycles. The molecule has 1 unspecified atom stereocenters. The van der Waals surface area contributed by atoms with Gasteiger partial charge in [0, 0.05) is 38.4 Å². The van der Waals surface area contributed by atoms with Crippen molar-refractivity contribution in [2.75, 3.05) is 0 Å². The van der Waals surface area contributed by atoms with E-state index in [1.54, 1.807) is 22.7 Å². The highest BCUT2D eigenvalue weighted by Crippen LogP contribution is 2.25. The van der Waals surface area contributed by atoms with Gasteiger partial charge in [0.1, 0.15) is 5.01 Å². The monoisotopic (exact) mass is 330 g/mol. The molecule has 2 heterocycles. The van der Waals surface area contributed by atoms with E-state index in [-0.39, 0.29) is 0 Å². The second kappa shape index (κ2) is 6.09.